The molecule has 0 aromatic rings. The number of hydrogen-bond acceptors (Lipinski definition) is 3. The molecule has 0 aromatic heterocycles. The lowest BCUT2D eigenvalue weighted by Crippen LogP contribution is -2.06. The molecule has 0 spiro atoms. The van der Waals surface area contributed by atoms with E-state index in [2.05, 4.69) is 4.65 Å². The molecule has 3 N–H and O–H groups in total. The second-order valence-corrected chi connectivity index (χ2v) is 0.439. The molecule has 0 unspecified atom stereocenters. The first-order chi connectivity index (χ1) is 2.41. The summed E-state index contributed by atoms with van der Waals surface area (Å²) in [6.45, 7) is 0.0382. The Hall–Kier alpha value is -0.0551. The normalized spacial score (nSPS) is 7.60. The van der Waals surface area contributed by atoms with Gasteiger partial charge in [-0.2, -0.15) is 0 Å². The van der Waals surface area contributed by atoms with Crippen molar-refractivity contribution >= 4 is 7.69 Å². The molecule has 0 bridgehead atoms. The molecule has 0 aliphatic heterocycles. The van der Waals surface area contributed by atoms with Crippen LogP contribution < -0.4 is 5.73 Å². The van der Waals surface area contributed by atoms with Crippen LogP contribution in [-0.4, -0.2) is 19.4 Å². The molecule has 0 rings (SSSR count). The largest absolute Gasteiger partial charge is 0.486 e. The maximum absolute atomic E-state index is 7.64. The minimum atomic E-state index is 0.0382. The quantitative estimate of drug-likeness (QED) is 0.308. The van der Waals surface area contributed by atoms with Crippen molar-refractivity contribution in [3.63, 3.8) is 0 Å². The maximum atomic E-state index is 7.64. The van der Waals surface area contributed by atoms with E-state index in [1.165, 1.54) is 0 Å². The Bertz CT molecular complexity index is 17.1. The summed E-state index contributed by atoms with van der Waals surface area (Å²) in [7, 11) is 0.556. The molecule has 0 aliphatic carbocycles. The summed E-state index contributed by atoms with van der Waals surface area (Å²) in [5.74, 6) is 0. The predicted molar refractivity (Wildman–Crippen MR) is 18.1 cm³/mol. The van der Waals surface area contributed by atoms with Crippen LogP contribution in [0.3, 0.4) is 0 Å². The first-order valence-corrected chi connectivity index (χ1v) is 1.19. The summed E-state index contributed by atoms with van der Waals surface area (Å²) >= 11 is 0. The lowest BCUT2D eigenvalue weighted by Gasteiger charge is -1.83. The van der Waals surface area contributed by atoms with Crippen molar-refractivity contribution in [2.45, 2.75) is 0 Å². The Morgan fingerprint density at radius 2 is 2.60 bits per heavy atom. The highest BCUT2D eigenvalue weighted by Gasteiger charge is 1.73. The summed E-state index contributed by atoms with van der Waals surface area (Å²) < 4.78 is 4.04. The molecule has 0 saturated carbocycles. The minimum Gasteiger partial charge on any atom is -0.429 e. The minimum absolute atomic E-state index is 0.0382. The van der Waals surface area contributed by atoms with E-state index < -0.39 is 0 Å². The summed E-state index contributed by atoms with van der Waals surface area (Å²) in [5, 5.41) is 7.64. The van der Waals surface area contributed by atoms with Crippen LogP contribution in [0.1, 0.15) is 0 Å². The lowest BCUT2D eigenvalue weighted by molar-refractivity contribution is 0.294. The summed E-state index contributed by atoms with van der Waals surface area (Å²) in [6.07, 6.45) is 0. The van der Waals surface area contributed by atoms with Crippen molar-refractivity contribution in [2.24, 2.45) is 5.73 Å². The van der Waals surface area contributed by atoms with Crippen molar-refractivity contribution in [1.29, 1.82) is 0 Å². The molecule has 4 heteroatoms. The van der Waals surface area contributed by atoms with Gasteiger partial charge in [0.05, 0.1) is 6.73 Å². The van der Waals surface area contributed by atoms with Gasteiger partial charge >= 0.3 is 7.69 Å². The Kier molecular flexibility index (Phi) is 3.90. The van der Waals surface area contributed by atoms with Crippen LogP contribution in [-0.2, 0) is 4.65 Å². The van der Waals surface area contributed by atoms with E-state index in [1.807, 2.05) is 0 Å². The smallest absolute Gasteiger partial charge is 0.429 e. The number of hydrogen-bond donors (Lipinski definition) is 2. The topological polar surface area (TPSA) is 55.5 Å². The third kappa shape index (κ3) is 3.94. The van der Waals surface area contributed by atoms with E-state index >= 15 is 0 Å². The molecular formula is CH5BNO2. The first-order valence-electron chi connectivity index (χ1n) is 1.19. The van der Waals surface area contributed by atoms with Gasteiger partial charge in [-0.25, -0.2) is 0 Å². The second kappa shape index (κ2) is 3.94. The van der Waals surface area contributed by atoms with Crippen LogP contribution >= 0.6 is 0 Å². The zero-order valence-corrected chi connectivity index (χ0v) is 2.72. The Morgan fingerprint density at radius 3 is 2.60 bits per heavy atom. The molecule has 1 radical (unpaired) electrons. The van der Waals surface area contributed by atoms with Crippen LogP contribution in [0, 0.1) is 0 Å². The van der Waals surface area contributed by atoms with E-state index in [0.29, 0.717) is 7.69 Å². The van der Waals surface area contributed by atoms with Gasteiger partial charge in [-0.1, -0.05) is 0 Å². The summed E-state index contributed by atoms with van der Waals surface area (Å²) in [5.41, 5.74) is 4.73. The van der Waals surface area contributed by atoms with Gasteiger partial charge in [-0.05, 0) is 0 Å². The van der Waals surface area contributed by atoms with Gasteiger partial charge in [-0.3, -0.25) is 0 Å². The fourth-order valence-electron chi connectivity index (χ4n) is 0.0430. The maximum Gasteiger partial charge on any atom is 0.486 e. The van der Waals surface area contributed by atoms with E-state index in [0.717, 1.165) is 0 Å². The predicted octanol–water partition coefficient (Wildman–Crippen LogP) is -1.55. The van der Waals surface area contributed by atoms with Gasteiger partial charge in [-0.15, -0.1) is 0 Å². The number of nitrogens with two attached hydrogens (primary N) is 1. The van der Waals surface area contributed by atoms with Gasteiger partial charge < -0.3 is 15.4 Å². The molecule has 0 heterocycles. The van der Waals surface area contributed by atoms with Gasteiger partial charge in [0, 0.05) is 0 Å². The highest BCUT2D eigenvalue weighted by atomic mass is 16.5. The molecule has 0 saturated heterocycles. The number of rotatable bonds is 2. The zero-order chi connectivity index (χ0) is 4.12. The monoisotopic (exact) mass is 74.0 g/mol. The molecule has 5 heavy (non-hydrogen) atoms. The Balaban J connectivity index is 2.19. The highest BCUT2D eigenvalue weighted by Crippen LogP contribution is 1.48. The zero-order valence-electron chi connectivity index (χ0n) is 2.72. The molecule has 0 atom stereocenters. The molecule has 29 valence electrons. The van der Waals surface area contributed by atoms with Gasteiger partial charge in [0.25, 0.3) is 0 Å². The first kappa shape index (κ1) is 4.94. The molecule has 0 amide bonds. The van der Waals surface area contributed by atoms with Crippen LogP contribution in [0.2, 0.25) is 0 Å². The second-order valence-electron chi connectivity index (χ2n) is 0.439. The molecule has 0 fully saturated rings. The van der Waals surface area contributed by atoms with Crippen molar-refractivity contribution in [1.82, 2.24) is 0 Å². The van der Waals surface area contributed by atoms with Crippen molar-refractivity contribution in [3.8, 4) is 0 Å². The standard InChI is InChI=1S/CH5BNO2/c3-1-5-2-4/h4H,1,3H2. The highest BCUT2D eigenvalue weighted by molar-refractivity contribution is 6.15. The van der Waals surface area contributed by atoms with Crippen LogP contribution in [0.15, 0.2) is 0 Å². The SMILES string of the molecule is NCO[B]O. The fraction of sp³-hybridized carbons (Fsp3) is 1.00. The van der Waals surface area contributed by atoms with Crippen molar-refractivity contribution in [2.75, 3.05) is 6.73 Å². The Labute approximate surface area is 31.0 Å². The average molecular weight is 73.9 g/mol. The van der Waals surface area contributed by atoms with Crippen molar-refractivity contribution in [3.05, 3.63) is 0 Å². The third-order valence-corrected chi connectivity index (χ3v) is 0.171. The van der Waals surface area contributed by atoms with Crippen molar-refractivity contribution < 1.29 is 9.68 Å². The van der Waals surface area contributed by atoms with E-state index in [4.69, 9.17) is 10.8 Å². The van der Waals surface area contributed by atoms with E-state index in [-0.39, 0.29) is 6.73 Å². The Morgan fingerprint density at radius 1 is 2.00 bits per heavy atom. The fourth-order valence-corrected chi connectivity index (χ4v) is 0.0430. The van der Waals surface area contributed by atoms with Gasteiger partial charge in [0.1, 0.15) is 0 Å². The third-order valence-electron chi connectivity index (χ3n) is 0.171. The van der Waals surface area contributed by atoms with Crippen LogP contribution in [0.5, 0.6) is 0 Å². The van der Waals surface area contributed by atoms with Gasteiger partial charge in [0.2, 0.25) is 0 Å². The van der Waals surface area contributed by atoms with Gasteiger partial charge in [0.15, 0.2) is 0 Å². The molecule has 0 aromatic carbocycles. The van der Waals surface area contributed by atoms with Crippen LogP contribution in [0.25, 0.3) is 0 Å². The molecule has 0 aliphatic rings. The van der Waals surface area contributed by atoms with E-state index in [9.17, 15) is 0 Å². The lowest BCUT2D eigenvalue weighted by atomic mass is 10.4. The van der Waals surface area contributed by atoms with Crippen LogP contribution in [0.4, 0.5) is 0 Å². The summed E-state index contributed by atoms with van der Waals surface area (Å²) in [6, 6.07) is 0. The average Bonchev–Trinajstić information content (AvgIpc) is 1.41. The molecule has 3 nitrogen and oxygen atoms in total. The molecular weight excluding hydrogens is 68.8 g/mol. The summed E-state index contributed by atoms with van der Waals surface area (Å²) in [4.78, 5) is 0. The van der Waals surface area contributed by atoms with E-state index in [1.54, 1.807) is 0 Å².